The van der Waals surface area contributed by atoms with Gasteiger partial charge in [-0.25, -0.2) is 14.4 Å². The maximum Gasteiger partial charge on any atom is 0.513 e. The van der Waals surface area contributed by atoms with Gasteiger partial charge in [0.1, 0.15) is 5.75 Å². The van der Waals surface area contributed by atoms with Crippen molar-refractivity contribution in [2.45, 2.75) is 72.6 Å². The Hall–Kier alpha value is -4.22. The standard InChI is InChI=1S/C34H45NO12Si2/c1-11-42-32(38)35(33(39)43-12-2)28-24-20(15-14-16-22(24)41-4)31(45-34(40)44-13-3)27-26(28)30(37)25-21(29(27)36)17-19(46-48(5,6)7)18-23(25)47-49(8,9)10/h14-16,18,21,23,25H,11-13,17H2,1-10H3/t21-,23+,25-/m1/s1. The van der Waals surface area contributed by atoms with E-state index >= 15 is 4.79 Å². The lowest BCUT2D eigenvalue weighted by Crippen LogP contribution is -2.50. The summed E-state index contributed by atoms with van der Waals surface area (Å²) in [5.74, 6) is -2.88. The second-order valence-corrected chi connectivity index (χ2v) is 22.3. The molecule has 49 heavy (non-hydrogen) atoms. The maximum absolute atomic E-state index is 15.2. The van der Waals surface area contributed by atoms with Gasteiger partial charge in [-0.3, -0.25) is 9.59 Å². The molecule has 2 aliphatic carbocycles. The Labute approximate surface area is 288 Å². The van der Waals surface area contributed by atoms with Crippen molar-refractivity contribution in [3.8, 4) is 11.5 Å². The highest BCUT2D eigenvalue weighted by molar-refractivity contribution is 6.70. The summed E-state index contributed by atoms with van der Waals surface area (Å²) >= 11 is 0. The van der Waals surface area contributed by atoms with E-state index in [1.165, 1.54) is 13.2 Å². The van der Waals surface area contributed by atoms with Crippen LogP contribution >= 0.6 is 0 Å². The van der Waals surface area contributed by atoms with Crippen LogP contribution in [0.15, 0.2) is 30.0 Å². The molecule has 2 amide bonds. The van der Waals surface area contributed by atoms with Crippen LogP contribution in [0.3, 0.4) is 0 Å². The minimum Gasteiger partial charge on any atom is -0.547 e. The summed E-state index contributed by atoms with van der Waals surface area (Å²) < 4.78 is 40.0. The molecule has 0 aromatic heterocycles. The third-order valence-electron chi connectivity index (χ3n) is 7.63. The van der Waals surface area contributed by atoms with Gasteiger partial charge in [0.2, 0.25) is 8.32 Å². The van der Waals surface area contributed by atoms with Crippen molar-refractivity contribution in [3.05, 3.63) is 41.2 Å². The molecular weight excluding hydrogens is 671 g/mol. The number of imide groups is 1. The van der Waals surface area contributed by atoms with E-state index in [9.17, 15) is 19.2 Å². The van der Waals surface area contributed by atoms with Crippen LogP contribution in [0.2, 0.25) is 39.3 Å². The molecule has 0 spiro atoms. The van der Waals surface area contributed by atoms with Crippen molar-refractivity contribution in [3.63, 3.8) is 0 Å². The minimum absolute atomic E-state index is 0.0283. The molecule has 0 saturated carbocycles. The summed E-state index contributed by atoms with van der Waals surface area (Å²) in [6.07, 6.45) is -2.46. The highest BCUT2D eigenvalue weighted by Gasteiger charge is 2.53. The quantitative estimate of drug-likeness (QED) is 0.104. The van der Waals surface area contributed by atoms with Crippen LogP contribution < -0.4 is 14.4 Å². The Morgan fingerprint density at radius 2 is 1.45 bits per heavy atom. The van der Waals surface area contributed by atoms with Gasteiger partial charge in [-0.05, 0) is 72.2 Å². The van der Waals surface area contributed by atoms with E-state index in [-0.39, 0.29) is 65.3 Å². The molecule has 2 aromatic carbocycles. The number of anilines is 1. The fourth-order valence-electron chi connectivity index (χ4n) is 6.15. The van der Waals surface area contributed by atoms with Crippen LogP contribution in [0.1, 0.15) is 47.9 Å². The number of fused-ring (bicyclic) bond motifs is 3. The van der Waals surface area contributed by atoms with Crippen molar-refractivity contribution in [2.24, 2.45) is 11.8 Å². The van der Waals surface area contributed by atoms with E-state index < -0.39 is 64.5 Å². The van der Waals surface area contributed by atoms with Gasteiger partial charge < -0.3 is 32.5 Å². The molecule has 0 bridgehead atoms. The number of hydrogen-bond donors (Lipinski definition) is 0. The first-order chi connectivity index (χ1) is 23.0. The number of amides is 2. The number of ketones is 2. The predicted octanol–water partition coefficient (Wildman–Crippen LogP) is 7.47. The summed E-state index contributed by atoms with van der Waals surface area (Å²) in [4.78, 5) is 70.9. The first-order valence-corrected chi connectivity index (χ1v) is 23.1. The topological polar surface area (TPSA) is 153 Å². The number of nitrogens with zero attached hydrogens (tertiary/aromatic N) is 1. The molecule has 0 fully saturated rings. The van der Waals surface area contributed by atoms with E-state index in [4.69, 9.17) is 32.5 Å². The third-order valence-corrected chi connectivity index (χ3v) is 9.49. The average molecular weight is 716 g/mol. The lowest BCUT2D eigenvalue weighted by atomic mass is 9.66. The van der Waals surface area contributed by atoms with Crippen LogP contribution in [0.4, 0.5) is 20.1 Å². The maximum atomic E-state index is 15.2. The van der Waals surface area contributed by atoms with Gasteiger partial charge in [-0.15, -0.1) is 0 Å². The second kappa shape index (κ2) is 14.7. The molecule has 2 aromatic rings. The summed E-state index contributed by atoms with van der Waals surface area (Å²) in [6, 6.07) is 4.64. The number of allylic oxidation sites excluding steroid dienone is 1. The molecule has 13 nitrogen and oxygen atoms in total. The molecule has 0 N–H and O–H groups in total. The molecule has 15 heteroatoms. The number of rotatable bonds is 10. The predicted molar refractivity (Wildman–Crippen MR) is 186 cm³/mol. The zero-order valence-electron chi connectivity index (χ0n) is 29.7. The van der Waals surface area contributed by atoms with E-state index in [0.717, 1.165) is 0 Å². The number of ether oxygens (including phenoxy) is 5. The van der Waals surface area contributed by atoms with Gasteiger partial charge in [-0.1, -0.05) is 12.1 Å². The molecule has 0 aliphatic heterocycles. The molecular formula is C34H45NO12Si2. The summed E-state index contributed by atoms with van der Waals surface area (Å²) in [5, 5.41) is 0.125. The Morgan fingerprint density at radius 1 is 0.837 bits per heavy atom. The zero-order valence-corrected chi connectivity index (χ0v) is 31.7. The highest BCUT2D eigenvalue weighted by Crippen LogP contribution is 2.52. The van der Waals surface area contributed by atoms with Gasteiger partial charge in [0.05, 0.1) is 66.9 Å². The third kappa shape index (κ3) is 7.83. The number of carbonyl (C=O) groups excluding carboxylic acids is 5. The van der Waals surface area contributed by atoms with Gasteiger partial charge in [0, 0.05) is 17.7 Å². The first kappa shape index (κ1) is 37.6. The Kier molecular flexibility index (Phi) is 11.3. The van der Waals surface area contributed by atoms with Crippen molar-refractivity contribution >= 4 is 63.0 Å². The summed E-state index contributed by atoms with van der Waals surface area (Å²) in [6.45, 7) is 16.3. The van der Waals surface area contributed by atoms with Crippen LogP contribution in [0, 0.1) is 11.8 Å². The molecule has 4 rings (SSSR count). The van der Waals surface area contributed by atoms with Crippen LogP contribution in [-0.2, 0) is 23.1 Å². The number of methoxy groups -OCH3 is 1. The van der Waals surface area contributed by atoms with Gasteiger partial charge in [0.25, 0.3) is 0 Å². The normalized spacial score (nSPS) is 18.9. The van der Waals surface area contributed by atoms with E-state index in [1.54, 1.807) is 39.0 Å². The van der Waals surface area contributed by atoms with Gasteiger partial charge in [0.15, 0.2) is 25.6 Å². The molecule has 2 aliphatic rings. The first-order valence-electron chi connectivity index (χ1n) is 16.3. The van der Waals surface area contributed by atoms with E-state index in [0.29, 0.717) is 10.7 Å². The van der Waals surface area contributed by atoms with Crippen LogP contribution in [0.25, 0.3) is 10.8 Å². The smallest absolute Gasteiger partial charge is 0.513 e. The summed E-state index contributed by atoms with van der Waals surface area (Å²) in [7, 11) is -3.18. The van der Waals surface area contributed by atoms with Crippen molar-refractivity contribution < 1.29 is 56.5 Å². The minimum atomic E-state index is -2.36. The molecule has 266 valence electrons. The molecule has 0 radical (unpaired) electrons. The van der Waals surface area contributed by atoms with Gasteiger partial charge in [-0.2, -0.15) is 4.90 Å². The van der Waals surface area contributed by atoms with Crippen LogP contribution in [0.5, 0.6) is 11.5 Å². The number of Topliss-reactive ketones (excluding diaryl/α,β-unsaturated/α-hetero) is 2. The largest absolute Gasteiger partial charge is 0.547 e. The summed E-state index contributed by atoms with van der Waals surface area (Å²) in [5.41, 5.74) is -0.933. The average Bonchev–Trinajstić information content (AvgIpc) is 2.99. The SMILES string of the molecule is CCOC(=O)Oc1c2c(c(N(C(=O)OCC)C(=O)OCC)c3c(OC)cccc13)C(=O)[C@H]1[C@@H](O[Si](C)(C)C)C=C(O[Si](C)(C)C)C[C@H]1C2=O. The van der Waals surface area contributed by atoms with Crippen molar-refractivity contribution in [2.75, 3.05) is 31.8 Å². The lowest BCUT2D eigenvalue weighted by molar-refractivity contribution is 0.0516. The Bertz CT molecular complexity index is 1670. The zero-order chi connectivity index (χ0) is 36.4. The van der Waals surface area contributed by atoms with Crippen molar-refractivity contribution in [1.82, 2.24) is 0 Å². The van der Waals surface area contributed by atoms with E-state index in [1.807, 2.05) is 39.3 Å². The monoisotopic (exact) mass is 715 g/mol. The lowest BCUT2D eigenvalue weighted by Gasteiger charge is -2.42. The van der Waals surface area contributed by atoms with E-state index in [2.05, 4.69) is 0 Å². The van der Waals surface area contributed by atoms with Crippen LogP contribution in [-0.4, -0.2) is 79.6 Å². The number of benzene rings is 2. The molecule has 0 saturated heterocycles. The fourth-order valence-corrected chi connectivity index (χ4v) is 8.12. The number of hydrogen-bond acceptors (Lipinski definition) is 12. The fraction of sp³-hybridized carbons (Fsp3) is 0.500. The highest BCUT2D eigenvalue weighted by atomic mass is 28.4. The second-order valence-electron chi connectivity index (χ2n) is 13.4. The molecule has 0 unspecified atom stereocenters. The number of carbonyl (C=O) groups is 5. The van der Waals surface area contributed by atoms with Gasteiger partial charge >= 0.3 is 18.3 Å². The molecule has 0 heterocycles. The molecule has 3 atom stereocenters. The Balaban J connectivity index is 2.19. The Morgan fingerprint density at radius 3 is 1.98 bits per heavy atom. The van der Waals surface area contributed by atoms with Crippen molar-refractivity contribution in [1.29, 1.82) is 0 Å².